The predicted molar refractivity (Wildman–Crippen MR) is 65.2 cm³/mol. The molecule has 2 atom stereocenters. The molecule has 15 heavy (non-hydrogen) atoms. The van der Waals surface area contributed by atoms with Gasteiger partial charge in [0.25, 0.3) is 0 Å². The van der Waals surface area contributed by atoms with Crippen LogP contribution in [0, 0.1) is 6.92 Å². The van der Waals surface area contributed by atoms with E-state index in [0.29, 0.717) is 12.1 Å². The molecular formula is C14H21N. The Labute approximate surface area is 92.9 Å². The minimum atomic E-state index is 0.653. The van der Waals surface area contributed by atoms with Crippen molar-refractivity contribution in [2.24, 2.45) is 0 Å². The molecule has 1 N–H and O–H groups in total. The lowest BCUT2D eigenvalue weighted by Crippen LogP contribution is -2.41. The monoisotopic (exact) mass is 203 g/mol. The Morgan fingerprint density at radius 2 is 1.53 bits per heavy atom. The normalized spacial score (nSPS) is 31.5. The zero-order valence-electron chi connectivity index (χ0n) is 9.96. The van der Waals surface area contributed by atoms with Crippen LogP contribution in [0.2, 0.25) is 0 Å². The van der Waals surface area contributed by atoms with Crippen LogP contribution in [0.3, 0.4) is 0 Å². The first-order valence-electron chi connectivity index (χ1n) is 5.98. The fourth-order valence-corrected chi connectivity index (χ4v) is 2.68. The highest BCUT2D eigenvalue weighted by atomic mass is 14.9. The summed E-state index contributed by atoms with van der Waals surface area (Å²) in [5.74, 6) is 0.747. The minimum absolute atomic E-state index is 0.653. The van der Waals surface area contributed by atoms with Crippen molar-refractivity contribution in [1.29, 1.82) is 0 Å². The lowest BCUT2D eigenvalue weighted by molar-refractivity contribution is 0.317. The molecule has 0 spiro atoms. The van der Waals surface area contributed by atoms with Gasteiger partial charge in [-0.2, -0.15) is 0 Å². The highest BCUT2D eigenvalue weighted by molar-refractivity contribution is 5.25. The van der Waals surface area contributed by atoms with Crippen LogP contribution in [0.25, 0.3) is 0 Å². The molecule has 0 radical (unpaired) electrons. The van der Waals surface area contributed by atoms with E-state index in [9.17, 15) is 0 Å². The first-order valence-corrected chi connectivity index (χ1v) is 5.98. The fourth-order valence-electron chi connectivity index (χ4n) is 2.68. The van der Waals surface area contributed by atoms with E-state index >= 15 is 0 Å². The lowest BCUT2D eigenvalue weighted by Gasteiger charge is -2.33. The van der Waals surface area contributed by atoms with Crippen molar-refractivity contribution in [3.8, 4) is 0 Å². The highest BCUT2D eigenvalue weighted by Crippen LogP contribution is 2.30. The maximum absolute atomic E-state index is 3.59. The molecule has 0 saturated carbocycles. The van der Waals surface area contributed by atoms with Crippen molar-refractivity contribution in [2.75, 3.05) is 0 Å². The van der Waals surface area contributed by atoms with Crippen LogP contribution in [-0.2, 0) is 0 Å². The number of piperidine rings is 1. The summed E-state index contributed by atoms with van der Waals surface area (Å²) >= 11 is 0. The Bertz CT molecular complexity index is 305. The summed E-state index contributed by atoms with van der Waals surface area (Å²) in [4.78, 5) is 0. The van der Waals surface area contributed by atoms with Crippen LogP contribution < -0.4 is 5.32 Å². The topological polar surface area (TPSA) is 12.0 Å². The van der Waals surface area contributed by atoms with Gasteiger partial charge in [0, 0.05) is 12.1 Å². The second-order valence-electron chi connectivity index (χ2n) is 5.05. The molecule has 2 unspecified atom stereocenters. The fraction of sp³-hybridized carbons (Fsp3) is 0.571. The minimum Gasteiger partial charge on any atom is -0.312 e. The number of benzene rings is 1. The molecule has 1 aromatic rings. The van der Waals surface area contributed by atoms with Crippen molar-refractivity contribution >= 4 is 0 Å². The van der Waals surface area contributed by atoms with Gasteiger partial charge in [0.1, 0.15) is 0 Å². The Morgan fingerprint density at radius 3 is 2.07 bits per heavy atom. The molecule has 0 aliphatic carbocycles. The van der Waals surface area contributed by atoms with E-state index < -0.39 is 0 Å². The van der Waals surface area contributed by atoms with E-state index in [-0.39, 0.29) is 0 Å². The third-order valence-electron chi connectivity index (χ3n) is 3.39. The molecule has 0 bridgehead atoms. The van der Waals surface area contributed by atoms with Gasteiger partial charge in [-0.25, -0.2) is 0 Å². The summed E-state index contributed by atoms with van der Waals surface area (Å²) < 4.78 is 0. The number of nitrogens with one attached hydrogen (secondary N) is 1. The number of aryl methyl sites for hydroxylation is 1. The van der Waals surface area contributed by atoms with E-state index in [2.05, 4.69) is 50.4 Å². The first kappa shape index (κ1) is 10.7. The second kappa shape index (κ2) is 4.36. The van der Waals surface area contributed by atoms with Crippen molar-refractivity contribution in [1.82, 2.24) is 5.32 Å². The van der Waals surface area contributed by atoms with E-state index in [1.807, 2.05) is 0 Å². The van der Waals surface area contributed by atoms with Crippen molar-refractivity contribution in [3.05, 3.63) is 35.4 Å². The van der Waals surface area contributed by atoms with Crippen LogP contribution >= 0.6 is 0 Å². The van der Waals surface area contributed by atoms with Crippen molar-refractivity contribution in [2.45, 2.75) is 51.6 Å². The molecule has 1 fully saturated rings. The molecule has 82 valence electrons. The summed E-state index contributed by atoms with van der Waals surface area (Å²) in [6, 6.07) is 10.4. The Hall–Kier alpha value is -0.820. The molecule has 0 aromatic heterocycles. The summed E-state index contributed by atoms with van der Waals surface area (Å²) in [6.07, 6.45) is 2.54. The summed E-state index contributed by atoms with van der Waals surface area (Å²) in [5.41, 5.74) is 2.87. The van der Waals surface area contributed by atoms with E-state index in [1.165, 1.54) is 24.0 Å². The SMILES string of the molecule is Cc1ccc(C2CC(C)NC(C)C2)cc1. The zero-order chi connectivity index (χ0) is 10.8. The zero-order valence-corrected chi connectivity index (χ0v) is 9.96. The molecule has 1 heteroatoms. The third-order valence-corrected chi connectivity index (χ3v) is 3.39. The largest absolute Gasteiger partial charge is 0.312 e. The molecule has 0 amide bonds. The predicted octanol–water partition coefficient (Wildman–Crippen LogP) is 3.24. The van der Waals surface area contributed by atoms with Crippen LogP contribution in [0.5, 0.6) is 0 Å². The standard InChI is InChI=1S/C14H21N/c1-10-4-6-13(7-5-10)14-8-11(2)15-12(3)9-14/h4-7,11-12,14-15H,8-9H2,1-3H3. The van der Waals surface area contributed by atoms with Gasteiger partial charge in [-0.05, 0) is 45.1 Å². The van der Waals surface area contributed by atoms with Gasteiger partial charge in [0.2, 0.25) is 0 Å². The summed E-state index contributed by atoms with van der Waals surface area (Å²) in [7, 11) is 0. The van der Waals surface area contributed by atoms with E-state index in [4.69, 9.17) is 0 Å². The Morgan fingerprint density at radius 1 is 1.00 bits per heavy atom. The van der Waals surface area contributed by atoms with Crippen molar-refractivity contribution in [3.63, 3.8) is 0 Å². The first-order chi connectivity index (χ1) is 7.15. The molecule has 1 aliphatic heterocycles. The molecule has 1 aromatic carbocycles. The van der Waals surface area contributed by atoms with Crippen LogP contribution in [0.1, 0.15) is 43.7 Å². The lowest BCUT2D eigenvalue weighted by atomic mass is 9.84. The van der Waals surface area contributed by atoms with Gasteiger partial charge in [-0.15, -0.1) is 0 Å². The molecule has 2 rings (SSSR count). The Balaban J connectivity index is 2.12. The van der Waals surface area contributed by atoms with Gasteiger partial charge in [-0.3, -0.25) is 0 Å². The van der Waals surface area contributed by atoms with Gasteiger partial charge in [0.05, 0.1) is 0 Å². The second-order valence-corrected chi connectivity index (χ2v) is 5.05. The van der Waals surface area contributed by atoms with Gasteiger partial charge < -0.3 is 5.32 Å². The molecule has 1 saturated heterocycles. The molecule has 1 aliphatic rings. The van der Waals surface area contributed by atoms with Crippen molar-refractivity contribution < 1.29 is 0 Å². The van der Waals surface area contributed by atoms with Crippen LogP contribution in [0.4, 0.5) is 0 Å². The average Bonchev–Trinajstić information content (AvgIpc) is 2.17. The highest BCUT2D eigenvalue weighted by Gasteiger charge is 2.23. The maximum atomic E-state index is 3.59. The molecule has 1 heterocycles. The third kappa shape index (κ3) is 2.60. The Kier molecular flexibility index (Phi) is 3.11. The average molecular weight is 203 g/mol. The van der Waals surface area contributed by atoms with Gasteiger partial charge in [-0.1, -0.05) is 29.8 Å². The maximum Gasteiger partial charge on any atom is 0.00470 e. The van der Waals surface area contributed by atoms with Gasteiger partial charge >= 0.3 is 0 Å². The van der Waals surface area contributed by atoms with E-state index in [1.54, 1.807) is 0 Å². The quantitative estimate of drug-likeness (QED) is 0.739. The van der Waals surface area contributed by atoms with E-state index in [0.717, 1.165) is 5.92 Å². The number of hydrogen-bond acceptors (Lipinski definition) is 1. The smallest absolute Gasteiger partial charge is 0.00470 e. The number of rotatable bonds is 1. The summed E-state index contributed by atoms with van der Waals surface area (Å²) in [5, 5.41) is 3.59. The van der Waals surface area contributed by atoms with Gasteiger partial charge in [0.15, 0.2) is 0 Å². The van der Waals surface area contributed by atoms with Crippen LogP contribution in [0.15, 0.2) is 24.3 Å². The molecular weight excluding hydrogens is 182 g/mol. The summed E-state index contributed by atoms with van der Waals surface area (Å²) in [6.45, 7) is 6.73. The van der Waals surface area contributed by atoms with Crippen LogP contribution in [-0.4, -0.2) is 12.1 Å². The molecule has 1 nitrogen and oxygen atoms in total. The number of hydrogen-bond donors (Lipinski definition) is 1.